The van der Waals surface area contributed by atoms with Gasteiger partial charge in [0.15, 0.2) is 6.61 Å². The Balaban J connectivity index is 1.42. The van der Waals surface area contributed by atoms with E-state index in [1.54, 1.807) is 67.8 Å². The van der Waals surface area contributed by atoms with E-state index in [9.17, 15) is 9.18 Å². The lowest BCUT2D eigenvalue weighted by molar-refractivity contribution is 0.0440. The first-order chi connectivity index (χ1) is 15.1. The zero-order valence-corrected chi connectivity index (χ0v) is 16.5. The molecule has 0 spiro atoms. The number of carbonyl (C=O) groups excluding carboxylic acids is 1. The number of aromatic nitrogens is 2. The predicted octanol–water partition coefficient (Wildman–Crippen LogP) is 4.98. The Hall–Kier alpha value is -4.20. The average Bonchev–Trinajstić information content (AvgIpc) is 3.28. The van der Waals surface area contributed by atoms with Crippen LogP contribution in [-0.4, -0.2) is 23.3 Å². The number of halogens is 1. The van der Waals surface area contributed by atoms with E-state index in [0.717, 1.165) is 5.56 Å². The van der Waals surface area contributed by atoms with Crippen molar-refractivity contribution in [2.45, 2.75) is 6.61 Å². The number of anilines is 2. The number of esters is 1. The maximum Gasteiger partial charge on any atom is 0.340 e. The van der Waals surface area contributed by atoms with E-state index in [-0.39, 0.29) is 18.3 Å². The van der Waals surface area contributed by atoms with Crippen molar-refractivity contribution < 1.29 is 23.1 Å². The standard InChI is InChI=1S/C23H18FN3O4/c1-29-18-12-6-15(7-13-18)22-27-26-21(31-22)14-30-23(28)19-4-2-3-5-20(19)25-17-10-8-16(24)9-11-17/h2-13,25H,14H2,1H3. The fourth-order valence-corrected chi connectivity index (χ4v) is 2.83. The summed E-state index contributed by atoms with van der Waals surface area (Å²) in [6.07, 6.45) is 0. The number of ether oxygens (including phenoxy) is 2. The summed E-state index contributed by atoms with van der Waals surface area (Å²) in [4.78, 5) is 12.6. The molecule has 0 radical (unpaired) electrons. The molecular formula is C23H18FN3O4. The van der Waals surface area contributed by atoms with Gasteiger partial charge in [0.1, 0.15) is 11.6 Å². The second-order valence-electron chi connectivity index (χ2n) is 6.48. The van der Waals surface area contributed by atoms with Crippen LogP contribution in [0.15, 0.2) is 77.2 Å². The molecule has 0 amide bonds. The number of carbonyl (C=O) groups is 1. The minimum Gasteiger partial charge on any atom is -0.497 e. The SMILES string of the molecule is COc1ccc(-c2nnc(COC(=O)c3ccccc3Nc3ccc(F)cc3)o2)cc1. The molecule has 0 aliphatic rings. The first-order valence-electron chi connectivity index (χ1n) is 9.38. The molecule has 0 saturated heterocycles. The van der Waals surface area contributed by atoms with Gasteiger partial charge in [-0.15, -0.1) is 10.2 Å². The molecular weight excluding hydrogens is 401 g/mol. The van der Waals surface area contributed by atoms with E-state index in [4.69, 9.17) is 13.9 Å². The molecule has 8 heteroatoms. The molecule has 0 unspecified atom stereocenters. The molecule has 1 heterocycles. The third kappa shape index (κ3) is 4.87. The average molecular weight is 419 g/mol. The Labute approximate surface area is 177 Å². The van der Waals surface area contributed by atoms with Crippen LogP contribution in [0.4, 0.5) is 15.8 Å². The molecule has 0 aliphatic carbocycles. The maximum absolute atomic E-state index is 13.1. The van der Waals surface area contributed by atoms with Crippen LogP contribution in [0, 0.1) is 5.82 Å². The Morgan fingerprint density at radius 3 is 2.48 bits per heavy atom. The minimum atomic E-state index is -0.561. The number of nitrogens with one attached hydrogen (secondary N) is 1. The van der Waals surface area contributed by atoms with Gasteiger partial charge in [0.25, 0.3) is 5.89 Å². The first-order valence-corrected chi connectivity index (χ1v) is 9.38. The fraction of sp³-hybridized carbons (Fsp3) is 0.0870. The van der Waals surface area contributed by atoms with E-state index >= 15 is 0 Å². The van der Waals surface area contributed by atoms with Gasteiger partial charge < -0.3 is 19.2 Å². The van der Waals surface area contributed by atoms with Gasteiger partial charge in [0, 0.05) is 11.3 Å². The lowest BCUT2D eigenvalue weighted by Crippen LogP contribution is -2.08. The Morgan fingerprint density at radius 1 is 1.00 bits per heavy atom. The maximum atomic E-state index is 13.1. The second-order valence-corrected chi connectivity index (χ2v) is 6.48. The molecule has 4 rings (SSSR count). The van der Waals surface area contributed by atoms with E-state index in [1.807, 2.05) is 0 Å². The molecule has 156 valence electrons. The van der Waals surface area contributed by atoms with Gasteiger partial charge in [0.05, 0.1) is 18.4 Å². The van der Waals surface area contributed by atoms with Crippen molar-refractivity contribution in [3.8, 4) is 17.2 Å². The molecule has 4 aromatic rings. The zero-order valence-electron chi connectivity index (χ0n) is 16.5. The Bertz CT molecular complexity index is 1170. The molecule has 1 N–H and O–H groups in total. The highest BCUT2D eigenvalue weighted by atomic mass is 19.1. The van der Waals surface area contributed by atoms with Crippen LogP contribution in [0.25, 0.3) is 11.5 Å². The van der Waals surface area contributed by atoms with Crippen LogP contribution in [0.1, 0.15) is 16.2 Å². The fourth-order valence-electron chi connectivity index (χ4n) is 2.83. The van der Waals surface area contributed by atoms with Crippen molar-refractivity contribution in [3.05, 3.63) is 90.1 Å². The van der Waals surface area contributed by atoms with E-state index in [1.165, 1.54) is 12.1 Å². The van der Waals surface area contributed by atoms with Crippen LogP contribution < -0.4 is 10.1 Å². The largest absolute Gasteiger partial charge is 0.497 e. The summed E-state index contributed by atoms with van der Waals surface area (Å²) in [6, 6.07) is 19.8. The van der Waals surface area contributed by atoms with Crippen molar-refractivity contribution in [2.75, 3.05) is 12.4 Å². The number of hydrogen-bond donors (Lipinski definition) is 1. The van der Waals surface area contributed by atoms with Crippen LogP contribution >= 0.6 is 0 Å². The van der Waals surface area contributed by atoms with E-state index in [0.29, 0.717) is 28.6 Å². The molecule has 0 atom stereocenters. The first kappa shape index (κ1) is 20.1. The molecule has 3 aromatic carbocycles. The third-order valence-electron chi connectivity index (χ3n) is 4.40. The number of nitrogens with zero attached hydrogens (tertiary/aromatic N) is 2. The van der Waals surface area contributed by atoms with E-state index in [2.05, 4.69) is 15.5 Å². The van der Waals surface area contributed by atoms with Gasteiger partial charge >= 0.3 is 5.97 Å². The van der Waals surface area contributed by atoms with Gasteiger partial charge in [-0.3, -0.25) is 0 Å². The lowest BCUT2D eigenvalue weighted by atomic mass is 10.1. The van der Waals surface area contributed by atoms with Crippen molar-refractivity contribution >= 4 is 17.3 Å². The quantitative estimate of drug-likeness (QED) is 0.423. The Kier molecular flexibility index (Phi) is 5.89. The summed E-state index contributed by atoms with van der Waals surface area (Å²) in [7, 11) is 1.58. The highest BCUT2D eigenvalue weighted by molar-refractivity contribution is 5.96. The smallest absolute Gasteiger partial charge is 0.340 e. The molecule has 0 bridgehead atoms. The van der Waals surface area contributed by atoms with Crippen LogP contribution in [0.2, 0.25) is 0 Å². The van der Waals surface area contributed by atoms with Gasteiger partial charge in [-0.1, -0.05) is 12.1 Å². The number of benzene rings is 3. The summed E-state index contributed by atoms with van der Waals surface area (Å²) < 4.78 is 29.2. The van der Waals surface area contributed by atoms with Crippen molar-refractivity contribution in [3.63, 3.8) is 0 Å². The molecule has 0 saturated carbocycles. The van der Waals surface area contributed by atoms with Gasteiger partial charge in [0.2, 0.25) is 5.89 Å². The van der Waals surface area contributed by atoms with Crippen molar-refractivity contribution in [1.29, 1.82) is 0 Å². The summed E-state index contributed by atoms with van der Waals surface area (Å²) in [5.74, 6) is 0.293. The summed E-state index contributed by atoms with van der Waals surface area (Å²) in [6.45, 7) is -0.174. The van der Waals surface area contributed by atoms with Gasteiger partial charge in [-0.2, -0.15) is 0 Å². The van der Waals surface area contributed by atoms with Crippen LogP contribution in [0.5, 0.6) is 5.75 Å². The van der Waals surface area contributed by atoms with Crippen LogP contribution in [-0.2, 0) is 11.3 Å². The van der Waals surface area contributed by atoms with Crippen molar-refractivity contribution in [2.24, 2.45) is 0 Å². The minimum absolute atomic E-state index is 0.170. The topological polar surface area (TPSA) is 86.5 Å². The molecule has 1 aromatic heterocycles. The number of methoxy groups -OCH3 is 1. The highest BCUT2D eigenvalue weighted by Gasteiger charge is 2.15. The molecule has 0 fully saturated rings. The summed E-state index contributed by atoms with van der Waals surface area (Å²) >= 11 is 0. The van der Waals surface area contributed by atoms with Gasteiger partial charge in [-0.25, -0.2) is 9.18 Å². The number of rotatable bonds is 7. The van der Waals surface area contributed by atoms with E-state index < -0.39 is 5.97 Å². The predicted molar refractivity (Wildman–Crippen MR) is 112 cm³/mol. The van der Waals surface area contributed by atoms with Gasteiger partial charge in [-0.05, 0) is 60.7 Å². The zero-order chi connectivity index (χ0) is 21.6. The molecule has 7 nitrogen and oxygen atoms in total. The number of para-hydroxylation sites is 1. The summed E-state index contributed by atoms with van der Waals surface area (Å²) in [5, 5.41) is 11.0. The molecule has 31 heavy (non-hydrogen) atoms. The lowest BCUT2D eigenvalue weighted by Gasteiger charge is -2.11. The highest BCUT2D eigenvalue weighted by Crippen LogP contribution is 2.24. The molecule has 0 aliphatic heterocycles. The summed E-state index contributed by atoms with van der Waals surface area (Å²) in [5.41, 5.74) is 2.22. The van der Waals surface area contributed by atoms with Crippen LogP contribution in [0.3, 0.4) is 0 Å². The van der Waals surface area contributed by atoms with Crippen molar-refractivity contribution in [1.82, 2.24) is 10.2 Å². The number of hydrogen-bond acceptors (Lipinski definition) is 7. The third-order valence-corrected chi connectivity index (χ3v) is 4.40. The normalized spacial score (nSPS) is 10.5. The monoisotopic (exact) mass is 419 g/mol. The Morgan fingerprint density at radius 2 is 1.74 bits per heavy atom. The second kappa shape index (κ2) is 9.08.